The van der Waals surface area contributed by atoms with Gasteiger partial charge in [-0.2, -0.15) is 5.10 Å². The Kier molecular flexibility index (Phi) is 6.33. The molecule has 0 bridgehead atoms. The first-order valence-corrected chi connectivity index (χ1v) is 10.4. The third-order valence-electron chi connectivity index (χ3n) is 4.01. The molecule has 0 radical (unpaired) electrons. The Balaban J connectivity index is 2.01. The molecule has 0 saturated carbocycles. The van der Waals surface area contributed by atoms with Crippen LogP contribution in [0.5, 0.6) is 0 Å². The molecular weight excluding hydrogens is 445 g/mol. The number of nitrogens with zero attached hydrogens (tertiary/aromatic N) is 3. The van der Waals surface area contributed by atoms with Gasteiger partial charge < -0.3 is 10.1 Å². The molecule has 2 N–H and O–H groups in total. The fourth-order valence-electron chi connectivity index (χ4n) is 2.65. The number of benzene rings is 1. The number of rotatable bonds is 4. The van der Waals surface area contributed by atoms with E-state index < -0.39 is 23.4 Å². The number of nitrogens with one attached hydrogen (secondary N) is 2. The Hall–Kier alpha value is -2.98. The second-order valence-electron chi connectivity index (χ2n) is 7.68. The zero-order chi connectivity index (χ0) is 22.9. The predicted octanol–water partition coefficient (Wildman–Crippen LogP) is 5.24. The summed E-state index contributed by atoms with van der Waals surface area (Å²) in [6.45, 7) is 6.87. The number of ether oxygens (including phenoxy) is 1. The van der Waals surface area contributed by atoms with Crippen LogP contribution in [0.2, 0.25) is 5.15 Å². The molecular formula is C20H21ClFN5O3S. The van der Waals surface area contributed by atoms with Crippen LogP contribution in [0.3, 0.4) is 0 Å². The van der Waals surface area contributed by atoms with Gasteiger partial charge in [0.15, 0.2) is 5.69 Å². The minimum Gasteiger partial charge on any atom is -0.444 e. The van der Waals surface area contributed by atoms with Crippen molar-refractivity contribution in [2.45, 2.75) is 33.3 Å². The molecule has 11 heteroatoms. The Morgan fingerprint density at radius 2 is 1.97 bits per heavy atom. The molecule has 2 amide bonds. The lowest BCUT2D eigenvalue weighted by atomic mass is 10.1. The lowest BCUT2D eigenvalue weighted by Crippen LogP contribution is -2.27. The van der Waals surface area contributed by atoms with Crippen molar-refractivity contribution in [1.29, 1.82) is 0 Å². The minimum atomic E-state index is -0.763. The number of hydrogen-bond donors (Lipinski definition) is 2. The van der Waals surface area contributed by atoms with Crippen LogP contribution in [-0.2, 0) is 11.8 Å². The normalized spacial score (nSPS) is 11.3. The number of carbonyl (C=O) groups excluding carboxylic acids is 2. The van der Waals surface area contributed by atoms with Gasteiger partial charge in [0, 0.05) is 12.6 Å². The SMILES string of the molecule is Cc1cccc(F)c1-c1nc(C(=O)Nc2cnn(C)c2Cl)c(NC(=O)OC(C)(C)C)s1. The quantitative estimate of drug-likeness (QED) is 0.548. The lowest BCUT2D eigenvalue weighted by molar-refractivity contribution is 0.0636. The topological polar surface area (TPSA) is 98.1 Å². The van der Waals surface area contributed by atoms with Crippen molar-refractivity contribution in [2.75, 3.05) is 10.6 Å². The van der Waals surface area contributed by atoms with Gasteiger partial charge in [0.25, 0.3) is 5.91 Å². The zero-order valence-electron chi connectivity index (χ0n) is 17.5. The molecule has 0 aliphatic heterocycles. The van der Waals surface area contributed by atoms with Gasteiger partial charge in [-0.1, -0.05) is 35.1 Å². The summed E-state index contributed by atoms with van der Waals surface area (Å²) in [6.07, 6.45) is 0.622. The second kappa shape index (κ2) is 8.64. The number of carbonyl (C=O) groups is 2. The Morgan fingerprint density at radius 3 is 2.55 bits per heavy atom. The molecule has 0 unspecified atom stereocenters. The van der Waals surface area contributed by atoms with Crippen molar-refractivity contribution < 1.29 is 18.7 Å². The molecule has 8 nitrogen and oxygen atoms in total. The Morgan fingerprint density at radius 1 is 1.26 bits per heavy atom. The van der Waals surface area contributed by atoms with Gasteiger partial charge in [-0.15, -0.1) is 0 Å². The first kappa shape index (κ1) is 22.7. The summed E-state index contributed by atoms with van der Waals surface area (Å²) in [6, 6.07) is 4.62. The van der Waals surface area contributed by atoms with Crippen molar-refractivity contribution in [1.82, 2.24) is 14.8 Å². The lowest BCUT2D eigenvalue weighted by Gasteiger charge is -2.19. The van der Waals surface area contributed by atoms with E-state index in [1.807, 2.05) is 0 Å². The molecule has 0 fully saturated rings. The maximum Gasteiger partial charge on any atom is 0.412 e. The minimum absolute atomic E-state index is 0.103. The summed E-state index contributed by atoms with van der Waals surface area (Å²) in [5, 5.41) is 9.68. The molecule has 31 heavy (non-hydrogen) atoms. The predicted molar refractivity (Wildman–Crippen MR) is 118 cm³/mol. The maximum atomic E-state index is 14.5. The van der Waals surface area contributed by atoms with Crippen LogP contribution in [0.25, 0.3) is 10.6 Å². The van der Waals surface area contributed by atoms with E-state index in [1.165, 1.54) is 16.9 Å². The average molecular weight is 466 g/mol. The van der Waals surface area contributed by atoms with Gasteiger partial charge in [0.05, 0.1) is 11.9 Å². The summed E-state index contributed by atoms with van der Waals surface area (Å²) in [4.78, 5) is 29.5. The summed E-state index contributed by atoms with van der Waals surface area (Å²) in [5.74, 6) is -1.13. The first-order chi connectivity index (χ1) is 14.5. The molecule has 0 spiro atoms. The number of halogens is 2. The Labute approximate surface area is 187 Å². The summed E-state index contributed by atoms with van der Waals surface area (Å²) < 4.78 is 21.1. The van der Waals surface area contributed by atoms with Crippen LogP contribution in [0.15, 0.2) is 24.4 Å². The van der Waals surface area contributed by atoms with Gasteiger partial charge in [-0.05, 0) is 39.3 Å². The maximum absolute atomic E-state index is 14.5. The first-order valence-electron chi connectivity index (χ1n) is 9.21. The number of anilines is 2. The van der Waals surface area contributed by atoms with Crippen LogP contribution in [0, 0.1) is 12.7 Å². The largest absolute Gasteiger partial charge is 0.444 e. The van der Waals surface area contributed by atoms with Crippen LogP contribution in [-0.4, -0.2) is 32.4 Å². The highest BCUT2D eigenvalue weighted by molar-refractivity contribution is 7.19. The average Bonchev–Trinajstić information content (AvgIpc) is 3.18. The van der Waals surface area contributed by atoms with Crippen molar-refractivity contribution in [3.63, 3.8) is 0 Å². The highest BCUT2D eigenvalue weighted by atomic mass is 35.5. The van der Waals surface area contributed by atoms with E-state index in [0.717, 1.165) is 11.3 Å². The van der Waals surface area contributed by atoms with Crippen LogP contribution in [0.4, 0.5) is 19.9 Å². The summed E-state index contributed by atoms with van der Waals surface area (Å²) >= 11 is 7.07. The molecule has 0 atom stereocenters. The monoisotopic (exact) mass is 465 g/mol. The van der Waals surface area contributed by atoms with Crippen molar-refractivity contribution >= 4 is 45.6 Å². The number of amides is 2. The van der Waals surface area contributed by atoms with E-state index in [2.05, 4.69) is 20.7 Å². The molecule has 164 valence electrons. The summed E-state index contributed by atoms with van der Waals surface area (Å²) in [5.41, 5.74) is 0.311. The van der Waals surface area contributed by atoms with E-state index in [1.54, 1.807) is 46.9 Å². The fraction of sp³-hybridized carbons (Fsp3) is 0.300. The van der Waals surface area contributed by atoms with Gasteiger partial charge >= 0.3 is 6.09 Å². The fourth-order valence-corrected chi connectivity index (χ4v) is 3.85. The van der Waals surface area contributed by atoms with Gasteiger partial charge in [0.2, 0.25) is 0 Å². The smallest absolute Gasteiger partial charge is 0.412 e. The van der Waals surface area contributed by atoms with Crippen LogP contribution in [0.1, 0.15) is 36.8 Å². The molecule has 2 heterocycles. The third-order valence-corrected chi connectivity index (χ3v) is 5.44. The van der Waals surface area contributed by atoms with Gasteiger partial charge in [-0.3, -0.25) is 14.8 Å². The van der Waals surface area contributed by atoms with Gasteiger partial charge in [0.1, 0.15) is 26.6 Å². The number of thiazole rings is 1. The second-order valence-corrected chi connectivity index (χ2v) is 9.04. The number of aryl methyl sites for hydroxylation is 2. The molecule has 3 aromatic rings. The van der Waals surface area contributed by atoms with Crippen LogP contribution < -0.4 is 10.6 Å². The third kappa shape index (κ3) is 5.20. The van der Waals surface area contributed by atoms with E-state index in [-0.39, 0.29) is 32.1 Å². The standard InChI is InChI=1S/C20H21ClFN5O3S/c1-10-7-6-8-11(22)13(10)17-25-14(16(28)24-12-9-23-27(5)15(12)21)18(31-17)26-19(29)30-20(2,3)4/h6-9H,1-5H3,(H,24,28)(H,26,29). The molecule has 0 aliphatic rings. The molecule has 3 rings (SSSR count). The molecule has 0 saturated heterocycles. The highest BCUT2D eigenvalue weighted by Crippen LogP contribution is 2.36. The Bertz CT molecular complexity index is 1130. The van der Waals surface area contributed by atoms with Crippen LogP contribution >= 0.6 is 22.9 Å². The van der Waals surface area contributed by atoms with Gasteiger partial charge in [-0.25, -0.2) is 14.2 Å². The molecule has 2 aromatic heterocycles. The van der Waals surface area contributed by atoms with Crippen molar-refractivity contribution in [3.05, 3.63) is 46.6 Å². The van der Waals surface area contributed by atoms with E-state index >= 15 is 0 Å². The van der Waals surface area contributed by atoms with E-state index in [9.17, 15) is 14.0 Å². The number of aromatic nitrogens is 3. The van der Waals surface area contributed by atoms with Crippen molar-refractivity contribution in [3.8, 4) is 10.6 Å². The van der Waals surface area contributed by atoms with E-state index in [0.29, 0.717) is 5.56 Å². The molecule has 0 aliphatic carbocycles. The highest BCUT2D eigenvalue weighted by Gasteiger charge is 2.25. The molecule has 1 aromatic carbocycles. The van der Waals surface area contributed by atoms with Crippen molar-refractivity contribution in [2.24, 2.45) is 7.05 Å². The van der Waals surface area contributed by atoms with E-state index in [4.69, 9.17) is 16.3 Å². The zero-order valence-corrected chi connectivity index (χ0v) is 19.1. The summed E-state index contributed by atoms with van der Waals surface area (Å²) in [7, 11) is 1.62. The number of hydrogen-bond acceptors (Lipinski definition) is 6.